The molecule has 1 heterocycles. The van der Waals surface area contributed by atoms with Crippen LogP contribution in [0.5, 0.6) is 5.75 Å². The average Bonchev–Trinajstić information content (AvgIpc) is 3.58. The second kappa shape index (κ2) is 12.3. The lowest BCUT2D eigenvalue weighted by atomic mass is 10.0. The van der Waals surface area contributed by atoms with Gasteiger partial charge >= 0.3 is 0 Å². The molecule has 36 heavy (non-hydrogen) atoms. The van der Waals surface area contributed by atoms with E-state index < -0.39 is 6.04 Å². The first kappa shape index (κ1) is 25.4. The normalized spacial score (nSPS) is 14.2. The zero-order chi connectivity index (χ0) is 25.3. The first-order valence-electron chi connectivity index (χ1n) is 12.1. The van der Waals surface area contributed by atoms with E-state index in [9.17, 15) is 19.5 Å². The van der Waals surface area contributed by atoms with E-state index in [1.54, 1.807) is 23.7 Å². The lowest BCUT2D eigenvalue weighted by Crippen LogP contribution is -2.46. The van der Waals surface area contributed by atoms with Gasteiger partial charge in [-0.25, -0.2) is 4.98 Å². The van der Waals surface area contributed by atoms with Crippen molar-refractivity contribution in [3.63, 3.8) is 0 Å². The Hall–Kier alpha value is -3.72. The number of benzene rings is 2. The second-order valence-corrected chi connectivity index (χ2v) is 9.77. The van der Waals surface area contributed by atoms with Crippen LogP contribution in [0.15, 0.2) is 66.2 Å². The lowest BCUT2D eigenvalue weighted by molar-refractivity contribution is -0.142. The molecule has 0 saturated heterocycles. The van der Waals surface area contributed by atoms with E-state index in [0.717, 1.165) is 31.2 Å². The number of nitrogens with zero attached hydrogens (tertiary/aromatic N) is 2. The molecule has 2 aromatic carbocycles. The van der Waals surface area contributed by atoms with E-state index >= 15 is 0 Å². The molecule has 1 fully saturated rings. The fraction of sp³-hybridized carbons (Fsp3) is 0.333. The minimum absolute atomic E-state index is 0.0315. The number of rotatable bonds is 10. The van der Waals surface area contributed by atoms with E-state index in [1.165, 1.54) is 28.4 Å². The van der Waals surface area contributed by atoms with Gasteiger partial charge in [0.05, 0.1) is 0 Å². The highest BCUT2D eigenvalue weighted by atomic mass is 32.1. The van der Waals surface area contributed by atoms with Gasteiger partial charge in [0.15, 0.2) is 5.13 Å². The van der Waals surface area contributed by atoms with Crippen LogP contribution in [0.3, 0.4) is 0 Å². The molecule has 4 rings (SSSR count). The maximum Gasteiger partial charge on any atom is 0.247 e. The second-order valence-electron chi connectivity index (χ2n) is 8.88. The predicted octanol–water partition coefficient (Wildman–Crippen LogP) is 4.40. The number of thiazole rings is 1. The molecular weight excluding hydrogens is 476 g/mol. The molecule has 0 radical (unpaired) electrons. The first-order chi connectivity index (χ1) is 17.5. The molecule has 8 nitrogen and oxygen atoms in total. The number of hydrogen-bond donors (Lipinski definition) is 3. The highest BCUT2D eigenvalue weighted by molar-refractivity contribution is 7.13. The molecule has 1 aliphatic rings. The fourth-order valence-corrected chi connectivity index (χ4v) is 4.96. The first-order valence-corrected chi connectivity index (χ1v) is 13.0. The topological polar surface area (TPSA) is 112 Å². The number of carbonyl (C=O) groups excluding carboxylic acids is 3. The summed E-state index contributed by atoms with van der Waals surface area (Å²) in [6.45, 7) is 0.206. The molecule has 3 N–H and O–H groups in total. The molecule has 0 bridgehead atoms. The largest absolute Gasteiger partial charge is 0.508 e. The van der Waals surface area contributed by atoms with Crippen molar-refractivity contribution in [2.45, 2.75) is 57.2 Å². The Morgan fingerprint density at radius 1 is 1.03 bits per heavy atom. The van der Waals surface area contributed by atoms with Crippen molar-refractivity contribution >= 4 is 34.2 Å². The minimum atomic E-state index is -0.902. The molecule has 3 amide bonds. The van der Waals surface area contributed by atoms with Crippen molar-refractivity contribution in [1.82, 2.24) is 15.2 Å². The van der Waals surface area contributed by atoms with Crippen LogP contribution in [-0.2, 0) is 20.9 Å². The molecular formula is C27H30N4O4S. The molecule has 1 aromatic heterocycles. The Morgan fingerprint density at radius 2 is 1.75 bits per heavy atom. The number of anilines is 1. The quantitative estimate of drug-likeness (QED) is 0.377. The standard InChI is InChI=1S/C27H30N4O4S/c32-22-12-10-20(11-13-22)25(26(35)29-21-8-4-5-9-21)31(18-19-6-2-1-3-7-19)24(34)15-14-23(33)30-27-28-16-17-36-27/h1-3,6-7,10-13,16-17,21,25,32H,4-5,8-9,14-15,18H2,(H,29,35)(H,28,30,33)/t25-/m0/s1. The van der Waals surface area contributed by atoms with E-state index in [1.807, 2.05) is 30.3 Å². The van der Waals surface area contributed by atoms with Gasteiger partial charge in [-0.05, 0) is 36.1 Å². The van der Waals surface area contributed by atoms with Gasteiger partial charge in [0, 0.05) is 37.0 Å². The Balaban J connectivity index is 1.58. The van der Waals surface area contributed by atoms with Crippen LogP contribution < -0.4 is 10.6 Å². The highest BCUT2D eigenvalue weighted by Gasteiger charge is 2.33. The number of phenols is 1. The Bertz CT molecular complexity index is 1150. The zero-order valence-corrected chi connectivity index (χ0v) is 20.7. The van der Waals surface area contributed by atoms with Gasteiger partial charge in [-0.15, -0.1) is 11.3 Å². The van der Waals surface area contributed by atoms with Crippen molar-refractivity contribution in [2.75, 3.05) is 5.32 Å². The van der Waals surface area contributed by atoms with E-state index in [2.05, 4.69) is 15.6 Å². The van der Waals surface area contributed by atoms with Crippen molar-refractivity contribution < 1.29 is 19.5 Å². The summed E-state index contributed by atoms with van der Waals surface area (Å²) in [6, 6.07) is 15.0. The van der Waals surface area contributed by atoms with Gasteiger partial charge < -0.3 is 20.6 Å². The Labute approximate surface area is 214 Å². The molecule has 0 aliphatic heterocycles. The third kappa shape index (κ3) is 6.91. The lowest BCUT2D eigenvalue weighted by Gasteiger charge is -2.32. The maximum atomic E-state index is 13.6. The van der Waals surface area contributed by atoms with Crippen molar-refractivity contribution in [3.8, 4) is 5.75 Å². The zero-order valence-electron chi connectivity index (χ0n) is 19.9. The van der Waals surface area contributed by atoms with Crippen LogP contribution in [0.25, 0.3) is 0 Å². The third-order valence-corrected chi connectivity index (χ3v) is 6.92. The molecule has 188 valence electrons. The minimum Gasteiger partial charge on any atom is -0.508 e. The van der Waals surface area contributed by atoms with Gasteiger partial charge in [-0.3, -0.25) is 14.4 Å². The van der Waals surface area contributed by atoms with Crippen molar-refractivity contribution in [3.05, 3.63) is 77.3 Å². The van der Waals surface area contributed by atoms with Crippen LogP contribution in [0.1, 0.15) is 55.7 Å². The molecule has 1 atom stereocenters. The summed E-state index contributed by atoms with van der Waals surface area (Å²) in [4.78, 5) is 45.2. The summed E-state index contributed by atoms with van der Waals surface area (Å²) >= 11 is 1.30. The molecule has 1 saturated carbocycles. The Morgan fingerprint density at radius 3 is 2.42 bits per heavy atom. The fourth-order valence-electron chi connectivity index (χ4n) is 4.41. The predicted molar refractivity (Wildman–Crippen MR) is 138 cm³/mol. The molecule has 1 aliphatic carbocycles. The molecule has 0 unspecified atom stereocenters. The number of hydrogen-bond acceptors (Lipinski definition) is 6. The van der Waals surface area contributed by atoms with Crippen LogP contribution in [-0.4, -0.2) is 38.8 Å². The van der Waals surface area contributed by atoms with Gasteiger partial charge in [0.1, 0.15) is 11.8 Å². The number of phenolic OH excluding ortho intramolecular Hbond substituents is 1. The molecule has 3 aromatic rings. The summed E-state index contributed by atoms with van der Waals surface area (Å²) in [5.41, 5.74) is 1.47. The van der Waals surface area contributed by atoms with Gasteiger partial charge in [-0.2, -0.15) is 0 Å². The summed E-state index contributed by atoms with van der Waals surface area (Å²) in [5.74, 6) is -0.806. The van der Waals surface area contributed by atoms with Crippen LogP contribution in [0, 0.1) is 0 Å². The monoisotopic (exact) mass is 506 g/mol. The van der Waals surface area contributed by atoms with E-state index in [-0.39, 0.29) is 48.9 Å². The maximum absolute atomic E-state index is 13.6. The molecule has 9 heteroatoms. The van der Waals surface area contributed by atoms with Crippen molar-refractivity contribution in [1.29, 1.82) is 0 Å². The van der Waals surface area contributed by atoms with E-state index in [0.29, 0.717) is 10.7 Å². The highest BCUT2D eigenvalue weighted by Crippen LogP contribution is 2.28. The summed E-state index contributed by atoms with van der Waals surface area (Å²) in [5, 5.41) is 17.9. The number of amides is 3. The summed E-state index contributed by atoms with van der Waals surface area (Å²) in [7, 11) is 0. The van der Waals surface area contributed by atoms with E-state index in [4.69, 9.17) is 0 Å². The van der Waals surface area contributed by atoms with Gasteiger partial charge in [0.2, 0.25) is 17.7 Å². The summed E-state index contributed by atoms with van der Waals surface area (Å²) in [6.07, 6.45) is 5.46. The van der Waals surface area contributed by atoms with Crippen molar-refractivity contribution in [2.24, 2.45) is 0 Å². The van der Waals surface area contributed by atoms with Crippen LogP contribution in [0.4, 0.5) is 5.13 Å². The smallest absolute Gasteiger partial charge is 0.247 e. The van der Waals surface area contributed by atoms with Crippen LogP contribution >= 0.6 is 11.3 Å². The summed E-state index contributed by atoms with van der Waals surface area (Å²) < 4.78 is 0. The number of carbonyl (C=O) groups is 3. The average molecular weight is 507 g/mol. The Kier molecular flexibility index (Phi) is 8.67. The third-order valence-electron chi connectivity index (χ3n) is 6.23. The number of nitrogens with one attached hydrogen (secondary N) is 2. The van der Waals surface area contributed by atoms with Crippen LogP contribution in [0.2, 0.25) is 0 Å². The SMILES string of the molecule is O=C(CCC(=O)N(Cc1ccccc1)[C@H](C(=O)NC1CCCC1)c1ccc(O)cc1)Nc1nccs1. The number of aromatic hydroxyl groups is 1. The molecule has 0 spiro atoms. The van der Waals surface area contributed by atoms with Gasteiger partial charge in [-0.1, -0.05) is 55.3 Å². The van der Waals surface area contributed by atoms with Gasteiger partial charge in [0.25, 0.3) is 0 Å². The number of aromatic nitrogens is 1.